The second-order valence-corrected chi connectivity index (χ2v) is 5.87. The average Bonchev–Trinajstić information content (AvgIpc) is 2.89. The lowest BCUT2D eigenvalue weighted by atomic mass is 9.95. The van der Waals surface area contributed by atoms with Crippen molar-refractivity contribution in [3.05, 3.63) is 0 Å². The summed E-state index contributed by atoms with van der Waals surface area (Å²) in [6, 6.07) is 0.0735. The Balaban J connectivity index is 1.79. The van der Waals surface area contributed by atoms with Crippen LogP contribution < -0.4 is 5.32 Å². The molecule has 1 saturated carbocycles. The van der Waals surface area contributed by atoms with Crippen molar-refractivity contribution in [1.82, 2.24) is 10.2 Å². The highest BCUT2D eigenvalue weighted by Gasteiger charge is 2.37. The zero-order valence-electron chi connectivity index (χ0n) is 12.0. The molecule has 2 rings (SSSR count). The second-order valence-electron chi connectivity index (χ2n) is 5.87. The molecule has 2 atom stereocenters. The third-order valence-electron chi connectivity index (χ3n) is 4.30. The number of aliphatic carboxylic acids is 1. The lowest BCUT2D eigenvalue weighted by molar-refractivity contribution is -0.143. The van der Waals surface area contributed by atoms with Gasteiger partial charge < -0.3 is 15.2 Å². The maximum absolute atomic E-state index is 12.0. The van der Waals surface area contributed by atoms with E-state index in [1.165, 1.54) is 19.3 Å². The number of carbonyl (C=O) groups is 2. The normalized spacial score (nSPS) is 27.7. The minimum Gasteiger partial charge on any atom is -0.481 e. The van der Waals surface area contributed by atoms with E-state index in [1.807, 2.05) is 0 Å². The molecule has 1 saturated heterocycles. The molecule has 0 bridgehead atoms. The highest BCUT2D eigenvalue weighted by Crippen LogP contribution is 2.19. The Bertz CT molecular complexity index is 355. The summed E-state index contributed by atoms with van der Waals surface area (Å²) < 4.78 is 5.23. The summed E-state index contributed by atoms with van der Waals surface area (Å²) in [6.07, 6.45) is 5.72. The Hall–Kier alpha value is -1.14. The molecular weight excluding hydrogens is 260 g/mol. The molecule has 2 N–H and O–H groups in total. The lowest BCUT2D eigenvalue weighted by Crippen LogP contribution is -2.47. The Morgan fingerprint density at radius 2 is 1.95 bits per heavy atom. The minimum atomic E-state index is -0.855. The van der Waals surface area contributed by atoms with Gasteiger partial charge in [0.15, 0.2) is 0 Å². The third kappa shape index (κ3) is 3.93. The van der Waals surface area contributed by atoms with Crippen LogP contribution in [0.3, 0.4) is 0 Å². The molecule has 1 amide bonds. The number of hydrogen-bond donors (Lipinski definition) is 2. The number of carbonyl (C=O) groups excluding carboxylic acids is 1. The average molecular weight is 284 g/mol. The summed E-state index contributed by atoms with van der Waals surface area (Å²) in [5, 5.41) is 12.2. The highest BCUT2D eigenvalue weighted by molar-refractivity contribution is 5.78. The Labute approximate surface area is 119 Å². The van der Waals surface area contributed by atoms with Gasteiger partial charge in [0.2, 0.25) is 5.91 Å². The van der Waals surface area contributed by atoms with Crippen LogP contribution in [-0.4, -0.2) is 60.8 Å². The Morgan fingerprint density at radius 3 is 2.60 bits per heavy atom. The van der Waals surface area contributed by atoms with Gasteiger partial charge in [0.25, 0.3) is 0 Å². The van der Waals surface area contributed by atoms with E-state index in [0.717, 1.165) is 12.8 Å². The van der Waals surface area contributed by atoms with Gasteiger partial charge in [-0.3, -0.25) is 14.5 Å². The molecular formula is C14H24N2O4. The van der Waals surface area contributed by atoms with Crippen LogP contribution >= 0.6 is 0 Å². The first-order valence-corrected chi connectivity index (χ1v) is 7.38. The van der Waals surface area contributed by atoms with Crippen LogP contribution in [0.5, 0.6) is 0 Å². The van der Waals surface area contributed by atoms with Crippen LogP contribution in [-0.2, 0) is 14.3 Å². The van der Waals surface area contributed by atoms with E-state index in [2.05, 4.69) is 5.32 Å². The Kier molecular flexibility index (Phi) is 5.37. The molecule has 1 heterocycles. The molecule has 6 nitrogen and oxygen atoms in total. The molecule has 2 unspecified atom stereocenters. The van der Waals surface area contributed by atoms with Crippen molar-refractivity contribution in [2.24, 2.45) is 5.92 Å². The van der Waals surface area contributed by atoms with Crippen molar-refractivity contribution in [2.75, 3.05) is 26.8 Å². The summed E-state index contributed by atoms with van der Waals surface area (Å²) in [7, 11) is 1.79. The predicted molar refractivity (Wildman–Crippen MR) is 73.4 cm³/mol. The number of carboxylic acid groups (broad SMARTS) is 1. The van der Waals surface area contributed by atoms with E-state index in [9.17, 15) is 9.59 Å². The summed E-state index contributed by atoms with van der Waals surface area (Å²) in [5.74, 6) is -1.41. The highest BCUT2D eigenvalue weighted by atomic mass is 16.5. The van der Waals surface area contributed by atoms with Crippen molar-refractivity contribution in [3.8, 4) is 0 Å². The van der Waals surface area contributed by atoms with Gasteiger partial charge in [-0.1, -0.05) is 19.3 Å². The minimum absolute atomic E-state index is 0.0181. The fraction of sp³-hybridized carbons (Fsp3) is 0.857. The topological polar surface area (TPSA) is 78.9 Å². The molecule has 0 spiro atoms. The van der Waals surface area contributed by atoms with E-state index >= 15 is 0 Å². The lowest BCUT2D eigenvalue weighted by Gasteiger charge is -2.27. The van der Waals surface area contributed by atoms with Crippen LogP contribution in [0.25, 0.3) is 0 Å². The summed E-state index contributed by atoms with van der Waals surface area (Å²) >= 11 is 0. The smallest absolute Gasteiger partial charge is 0.310 e. The zero-order chi connectivity index (χ0) is 14.5. The number of carboxylic acids is 1. The number of ether oxygens (including phenoxy) is 1. The fourth-order valence-corrected chi connectivity index (χ4v) is 3.08. The summed E-state index contributed by atoms with van der Waals surface area (Å²) in [5.41, 5.74) is 0. The first-order valence-electron chi connectivity index (χ1n) is 7.38. The third-order valence-corrected chi connectivity index (χ3v) is 4.30. The van der Waals surface area contributed by atoms with Gasteiger partial charge in [0.05, 0.1) is 25.7 Å². The quantitative estimate of drug-likeness (QED) is 0.767. The van der Waals surface area contributed by atoms with Gasteiger partial charge in [-0.05, 0) is 19.9 Å². The second kappa shape index (κ2) is 7.04. The number of likely N-dealkylation sites (N-methyl/N-ethyl adjacent to an activating group) is 1. The van der Waals surface area contributed by atoms with Crippen molar-refractivity contribution in [1.29, 1.82) is 0 Å². The monoisotopic (exact) mass is 284 g/mol. The molecule has 2 aliphatic rings. The van der Waals surface area contributed by atoms with Crippen LogP contribution in [0.2, 0.25) is 0 Å². The maximum Gasteiger partial charge on any atom is 0.310 e. The molecule has 0 aromatic rings. The number of nitrogens with zero attached hydrogens (tertiary/aromatic N) is 1. The van der Waals surface area contributed by atoms with Crippen LogP contribution in [0.15, 0.2) is 0 Å². The zero-order valence-corrected chi connectivity index (χ0v) is 12.0. The maximum atomic E-state index is 12.0. The molecule has 0 aromatic carbocycles. The molecule has 1 aliphatic carbocycles. The van der Waals surface area contributed by atoms with E-state index in [4.69, 9.17) is 9.84 Å². The van der Waals surface area contributed by atoms with Gasteiger partial charge in [-0.25, -0.2) is 0 Å². The summed E-state index contributed by atoms with van der Waals surface area (Å²) in [6.45, 7) is 0.840. The van der Waals surface area contributed by atoms with Crippen LogP contribution in [0, 0.1) is 5.92 Å². The number of rotatable bonds is 5. The number of nitrogens with one attached hydrogen (secondary N) is 1. The molecule has 1 aliphatic heterocycles. The van der Waals surface area contributed by atoms with Crippen molar-refractivity contribution in [3.63, 3.8) is 0 Å². The van der Waals surface area contributed by atoms with Gasteiger partial charge in [0, 0.05) is 12.1 Å². The van der Waals surface area contributed by atoms with E-state index in [0.29, 0.717) is 12.6 Å². The first-order chi connectivity index (χ1) is 9.58. The largest absolute Gasteiger partial charge is 0.481 e. The molecule has 0 aromatic heterocycles. The fourth-order valence-electron chi connectivity index (χ4n) is 3.08. The van der Waals surface area contributed by atoms with E-state index in [-0.39, 0.29) is 25.1 Å². The van der Waals surface area contributed by atoms with E-state index < -0.39 is 11.9 Å². The van der Waals surface area contributed by atoms with E-state index in [1.54, 1.807) is 11.9 Å². The first kappa shape index (κ1) is 15.3. The van der Waals surface area contributed by atoms with Gasteiger partial charge in [-0.2, -0.15) is 0 Å². The van der Waals surface area contributed by atoms with Crippen molar-refractivity contribution < 1.29 is 19.4 Å². The van der Waals surface area contributed by atoms with Crippen LogP contribution in [0.1, 0.15) is 32.1 Å². The predicted octanol–water partition coefficient (Wildman–Crippen LogP) is 0.467. The van der Waals surface area contributed by atoms with Crippen molar-refractivity contribution in [2.45, 2.75) is 44.2 Å². The van der Waals surface area contributed by atoms with Crippen LogP contribution in [0.4, 0.5) is 0 Å². The molecule has 20 heavy (non-hydrogen) atoms. The number of hydrogen-bond acceptors (Lipinski definition) is 4. The Morgan fingerprint density at radius 1 is 1.25 bits per heavy atom. The molecule has 114 valence electrons. The van der Waals surface area contributed by atoms with Gasteiger partial charge >= 0.3 is 5.97 Å². The van der Waals surface area contributed by atoms with Gasteiger partial charge in [-0.15, -0.1) is 0 Å². The van der Waals surface area contributed by atoms with Gasteiger partial charge in [0.1, 0.15) is 0 Å². The SMILES string of the molecule is CN(CC(=O)NC1CCCCC1)C1COCC1C(=O)O. The standard InChI is InChI=1S/C14H24N2O4/c1-16(12-9-20-8-11(12)14(18)19)7-13(17)15-10-5-3-2-4-6-10/h10-12H,2-9H2,1H3,(H,15,17)(H,18,19). The number of amides is 1. The molecule has 6 heteroatoms. The summed E-state index contributed by atoms with van der Waals surface area (Å²) in [4.78, 5) is 24.9. The van der Waals surface area contributed by atoms with Crippen molar-refractivity contribution >= 4 is 11.9 Å². The molecule has 0 radical (unpaired) electrons. The molecule has 2 fully saturated rings.